The van der Waals surface area contributed by atoms with Gasteiger partial charge in [-0.1, -0.05) is 43.5 Å². The lowest BCUT2D eigenvalue weighted by Gasteiger charge is -2.20. The van der Waals surface area contributed by atoms with Gasteiger partial charge in [0.25, 0.3) is 0 Å². The van der Waals surface area contributed by atoms with E-state index in [1.54, 1.807) is 0 Å². The Kier molecular flexibility index (Phi) is 3.69. The SMILES string of the molecule is C=Cc1cccc(C[C@H]2CNC(C)(C)N2)c1C=C. The highest BCUT2D eigenvalue weighted by molar-refractivity contribution is 5.66. The van der Waals surface area contributed by atoms with E-state index in [1.165, 1.54) is 11.1 Å². The van der Waals surface area contributed by atoms with Crippen LogP contribution in [0.5, 0.6) is 0 Å². The van der Waals surface area contributed by atoms with Gasteiger partial charge in [0.1, 0.15) is 0 Å². The first-order valence-corrected chi connectivity index (χ1v) is 6.45. The lowest BCUT2D eigenvalue weighted by Crippen LogP contribution is -2.44. The van der Waals surface area contributed by atoms with E-state index >= 15 is 0 Å². The molecule has 96 valence electrons. The molecule has 1 aromatic rings. The molecule has 1 heterocycles. The van der Waals surface area contributed by atoms with Crippen molar-refractivity contribution < 1.29 is 0 Å². The summed E-state index contributed by atoms with van der Waals surface area (Å²) < 4.78 is 0. The molecule has 1 atom stereocenters. The van der Waals surface area contributed by atoms with E-state index in [0.29, 0.717) is 6.04 Å². The molecule has 0 unspecified atom stereocenters. The molecule has 1 fully saturated rings. The van der Waals surface area contributed by atoms with Crippen LogP contribution in [0.4, 0.5) is 0 Å². The second-order valence-electron chi connectivity index (χ2n) is 5.38. The van der Waals surface area contributed by atoms with Crippen molar-refractivity contribution in [1.29, 1.82) is 0 Å². The minimum absolute atomic E-state index is 0.0368. The molecular weight excluding hydrogens is 220 g/mol. The number of nitrogens with one attached hydrogen (secondary N) is 2. The number of hydrogen-bond acceptors (Lipinski definition) is 2. The molecule has 0 spiro atoms. The van der Waals surface area contributed by atoms with Crippen LogP contribution in [0.1, 0.15) is 30.5 Å². The second-order valence-corrected chi connectivity index (χ2v) is 5.38. The van der Waals surface area contributed by atoms with Crippen molar-refractivity contribution >= 4 is 12.2 Å². The first kappa shape index (κ1) is 13.1. The van der Waals surface area contributed by atoms with Crippen LogP contribution < -0.4 is 10.6 Å². The molecule has 1 aliphatic rings. The average Bonchev–Trinajstić information content (AvgIpc) is 2.68. The molecule has 0 bridgehead atoms. The zero-order valence-corrected chi connectivity index (χ0v) is 11.3. The van der Waals surface area contributed by atoms with Crippen molar-refractivity contribution in [2.24, 2.45) is 0 Å². The minimum atomic E-state index is 0.0368. The normalized spacial score (nSPS) is 21.8. The maximum atomic E-state index is 3.92. The van der Waals surface area contributed by atoms with Crippen molar-refractivity contribution in [2.45, 2.75) is 32.0 Å². The molecule has 1 aromatic carbocycles. The first-order valence-electron chi connectivity index (χ1n) is 6.45. The molecule has 18 heavy (non-hydrogen) atoms. The number of benzene rings is 1. The summed E-state index contributed by atoms with van der Waals surface area (Å²) >= 11 is 0. The highest BCUT2D eigenvalue weighted by Crippen LogP contribution is 2.20. The van der Waals surface area contributed by atoms with Gasteiger partial charge in [0, 0.05) is 12.6 Å². The van der Waals surface area contributed by atoms with E-state index < -0.39 is 0 Å². The summed E-state index contributed by atoms with van der Waals surface area (Å²) in [5.74, 6) is 0. The molecule has 2 rings (SSSR count). The molecule has 0 aromatic heterocycles. The standard InChI is InChI=1S/C16H22N2/c1-5-12-8-7-9-13(15(12)6-2)10-14-11-17-16(3,4)18-14/h5-9,14,17-18H,1-2,10-11H2,3-4H3/t14-/m0/s1. The Hall–Kier alpha value is -1.38. The molecule has 0 radical (unpaired) electrons. The molecule has 0 aliphatic carbocycles. The van der Waals surface area contributed by atoms with E-state index in [4.69, 9.17) is 0 Å². The second kappa shape index (κ2) is 5.09. The minimum Gasteiger partial charge on any atom is -0.298 e. The fraction of sp³-hybridized carbons (Fsp3) is 0.375. The third-order valence-electron chi connectivity index (χ3n) is 3.48. The van der Waals surface area contributed by atoms with Gasteiger partial charge in [0.05, 0.1) is 5.66 Å². The molecule has 2 heteroatoms. The van der Waals surface area contributed by atoms with E-state index in [-0.39, 0.29) is 5.66 Å². The van der Waals surface area contributed by atoms with Gasteiger partial charge >= 0.3 is 0 Å². The van der Waals surface area contributed by atoms with Crippen molar-refractivity contribution in [2.75, 3.05) is 6.54 Å². The highest BCUT2D eigenvalue weighted by Gasteiger charge is 2.29. The third kappa shape index (κ3) is 2.71. The van der Waals surface area contributed by atoms with Crippen LogP contribution in [0.2, 0.25) is 0 Å². The molecule has 0 amide bonds. The lowest BCUT2D eigenvalue weighted by atomic mass is 9.96. The smallest absolute Gasteiger partial charge is 0.0632 e. The van der Waals surface area contributed by atoms with Gasteiger partial charge in [-0.25, -0.2) is 0 Å². The van der Waals surface area contributed by atoms with Crippen molar-refractivity contribution in [3.63, 3.8) is 0 Å². The molecule has 2 N–H and O–H groups in total. The van der Waals surface area contributed by atoms with Crippen LogP contribution in [0, 0.1) is 0 Å². The van der Waals surface area contributed by atoms with Crippen molar-refractivity contribution in [3.8, 4) is 0 Å². The van der Waals surface area contributed by atoms with Gasteiger partial charge in [0.2, 0.25) is 0 Å². The molecule has 0 saturated carbocycles. The maximum Gasteiger partial charge on any atom is 0.0632 e. The summed E-state index contributed by atoms with van der Waals surface area (Å²) in [6.45, 7) is 13.1. The average molecular weight is 242 g/mol. The molecule has 1 saturated heterocycles. The van der Waals surface area contributed by atoms with Crippen LogP contribution >= 0.6 is 0 Å². The van der Waals surface area contributed by atoms with Crippen LogP contribution in [0.15, 0.2) is 31.4 Å². The quantitative estimate of drug-likeness (QED) is 0.848. The third-order valence-corrected chi connectivity index (χ3v) is 3.48. The highest BCUT2D eigenvalue weighted by atomic mass is 15.3. The fourth-order valence-corrected chi connectivity index (χ4v) is 2.62. The Labute approximate surface area is 110 Å². The van der Waals surface area contributed by atoms with Crippen LogP contribution in [-0.2, 0) is 6.42 Å². The van der Waals surface area contributed by atoms with E-state index in [2.05, 4.69) is 55.8 Å². The number of rotatable bonds is 4. The van der Waals surface area contributed by atoms with Gasteiger partial charge in [0.15, 0.2) is 0 Å². The maximum absolute atomic E-state index is 3.92. The van der Waals surface area contributed by atoms with Gasteiger partial charge in [-0.05, 0) is 37.0 Å². The topological polar surface area (TPSA) is 24.1 Å². The zero-order chi connectivity index (χ0) is 13.2. The summed E-state index contributed by atoms with van der Waals surface area (Å²) in [5, 5.41) is 7.07. The summed E-state index contributed by atoms with van der Waals surface area (Å²) in [7, 11) is 0. The molecule has 1 aliphatic heterocycles. The fourth-order valence-electron chi connectivity index (χ4n) is 2.62. The van der Waals surface area contributed by atoms with Crippen LogP contribution in [-0.4, -0.2) is 18.2 Å². The van der Waals surface area contributed by atoms with Gasteiger partial charge in [-0.3, -0.25) is 10.6 Å². The zero-order valence-electron chi connectivity index (χ0n) is 11.3. The lowest BCUT2D eigenvalue weighted by molar-refractivity contribution is 0.392. The Morgan fingerprint density at radius 1 is 1.33 bits per heavy atom. The van der Waals surface area contributed by atoms with Crippen molar-refractivity contribution in [3.05, 3.63) is 48.0 Å². The van der Waals surface area contributed by atoms with E-state index in [1.807, 2.05) is 12.2 Å². The summed E-state index contributed by atoms with van der Waals surface area (Å²) in [4.78, 5) is 0. The molecular formula is C16H22N2. The Morgan fingerprint density at radius 2 is 2.11 bits per heavy atom. The Bertz CT molecular complexity index is 460. The van der Waals surface area contributed by atoms with Gasteiger partial charge in [-0.2, -0.15) is 0 Å². The Morgan fingerprint density at radius 3 is 2.67 bits per heavy atom. The first-order chi connectivity index (χ1) is 8.55. The van der Waals surface area contributed by atoms with Crippen molar-refractivity contribution in [1.82, 2.24) is 10.6 Å². The summed E-state index contributed by atoms with van der Waals surface area (Å²) in [6.07, 6.45) is 4.84. The van der Waals surface area contributed by atoms with Gasteiger partial charge in [-0.15, -0.1) is 0 Å². The largest absolute Gasteiger partial charge is 0.298 e. The number of hydrogen-bond donors (Lipinski definition) is 2. The summed E-state index contributed by atoms with van der Waals surface area (Å²) in [5.41, 5.74) is 3.74. The van der Waals surface area contributed by atoms with E-state index in [0.717, 1.165) is 18.5 Å². The van der Waals surface area contributed by atoms with Crippen LogP contribution in [0.3, 0.4) is 0 Å². The predicted molar refractivity (Wildman–Crippen MR) is 79.3 cm³/mol. The Balaban J connectivity index is 2.19. The molecule has 2 nitrogen and oxygen atoms in total. The summed E-state index contributed by atoms with van der Waals surface area (Å²) in [6, 6.07) is 6.82. The van der Waals surface area contributed by atoms with E-state index in [9.17, 15) is 0 Å². The predicted octanol–water partition coefficient (Wildman–Crippen LogP) is 2.81. The van der Waals surface area contributed by atoms with Gasteiger partial charge < -0.3 is 0 Å². The van der Waals surface area contributed by atoms with Crippen LogP contribution in [0.25, 0.3) is 12.2 Å². The monoisotopic (exact) mass is 242 g/mol.